The zero-order valence-corrected chi connectivity index (χ0v) is 14.7. The van der Waals surface area contributed by atoms with Gasteiger partial charge < -0.3 is 10.1 Å². The molecule has 2 aliphatic heterocycles. The number of hydrogen-bond acceptors (Lipinski definition) is 2. The van der Waals surface area contributed by atoms with E-state index in [1.54, 1.807) is 0 Å². The molecule has 0 spiro atoms. The van der Waals surface area contributed by atoms with Crippen molar-refractivity contribution in [1.29, 1.82) is 0 Å². The van der Waals surface area contributed by atoms with Crippen LogP contribution in [0.15, 0.2) is 42.5 Å². The van der Waals surface area contributed by atoms with Crippen LogP contribution in [0.2, 0.25) is 10.0 Å². The molecule has 3 nitrogen and oxygen atoms in total. The van der Waals surface area contributed by atoms with Crippen LogP contribution in [0.4, 0.5) is 5.69 Å². The molecule has 6 heteroatoms. The SMILES string of the molecule is C[C@@]12C[C@H](NC(=S)N1c1cccc(Cl)c1)c1cccc(Cl)c1O2. The number of para-hydroxylation sites is 1. The molecular formula is C17H14Cl2N2OS. The molecule has 118 valence electrons. The summed E-state index contributed by atoms with van der Waals surface area (Å²) in [5, 5.41) is 5.29. The number of halogens is 2. The van der Waals surface area contributed by atoms with Gasteiger partial charge in [-0.3, -0.25) is 4.90 Å². The maximum absolute atomic E-state index is 6.35. The zero-order chi connectivity index (χ0) is 16.2. The fraction of sp³-hybridized carbons (Fsp3) is 0.235. The quantitative estimate of drug-likeness (QED) is 0.725. The van der Waals surface area contributed by atoms with E-state index < -0.39 is 5.72 Å². The van der Waals surface area contributed by atoms with Crippen molar-refractivity contribution >= 4 is 46.2 Å². The van der Waals surface area contributed by atoms with Crippen molar-refractivity contribution in [1.82, 2.24) is 5.32 Å². The largest absolute Gasteiger partial charge is 0.466 e. The summed E-state index contributed by atoms with van der Waals surface area (Å²) in [5.74, 6) is 0.718. The highest BCUT2D eigenvalue weighted by Crippen LogP contribution is 2.48. The molecule has 4 rings (SSSR count). The zero-order valence-electron chi connectivity index (χ0n) is 12.3. The second-order valence-electron chi connectivity index (χ2n) is 5.96. The summed E-state index contributed by atoms with van der Waals surface area (Å²) >= 11 is 18.1. The summed E-state index contributed by atoms with van der Waals surface area (Å²) in [6.45, 7) is 2.03. The lowest BCUT2D eigenvalue weighted by Crippen LogP contribution is -2.65. The van der Waals surface area contributed by atoms with Crippen LogP contribution in [0.3, 0.4) is 0 Å². The van der Waals surface area contributed by atoms with E-state index in [-0.39, 0.29) is 6.04 Å². The van der Waals surface area contributed by atoms with Gasteiger partial charge in [0.15, 0.2) is 10.8 Å². The van der Waals surface area contributed by atoms with Gasteiger partial charge in [0.05, 0.1) is 11.1 Å². The molecule has 1 N–H and O–H groups in total. The van der Waals surface area contributed by atoms with E-state index in [0.29, 0.717) is 15.2 Å². The molecule has 1 saturated heterocycles. The first kappa shape index (κ1) is 15.1. The molecule has 2 aliphatic rings. The third-order valence-electron chi connectivity index (χ3n) is 4.32. The van der Waals surface area contributed by atoms with Gasteiger partial charge in [0.2, 0.25) is 0 Å². The Morgan fingerprint density at radius 1 is 1.26 bits per heavy atom. The van der Waals surface area contributed by atoms with E-state index in [2.05, 4.69) is 5.32 Å². The van der Waals surface area contributed by atoms with Crippen LogP contribution >= 0.6 is 35.4 Å². The monoisotopic (exact) mass is 364 g/mol. The number of nitrogens with zero attached hydrogens (tertiary/aromatic N) is 1. The highest BCUT2D eigenvalue weighted by atomic mass is 35.5. The average Bonchev–Trinajstić information content (AvgIpc) is 2.48. The Kier molecular flexibility index (Phi) is 3.45. The predicted molar refractivity (Wildman–Crippen MR) is 97.5 cm³/mol. The smallest absolute Gasteiger partial charge is 0.188 e. The fourth-order valence-corrected chi connectivity index (χ4v) is 4.20. The van der Waals surface area contributed by atoms with Crippen molar-refractivity contribution in [3.63, 3.8) is 0 Å². The molecule has 0 aliphatic carbocycles. The first-order valence-corrected chi connectivity index (χ1v) is 8.48. The predicted octanol–water partition coefficient (Wildman–Crippen LogP) is 4.93. The van der Waals surface area contributed by atoms with Crippen LogP contribution < -0.4 is 15.0 Å². The van der Waals surface area contributed by atoms with Gasteiger partial charge in [-0.2, -0.15) is 0 Å². The van der Waals surface area contributed by atoms with Crippen molar-refractivity contribution in [2.45, 2.75) is 25.1 Å². The van der Waals surface area contributed by atoms with Crippen LogP contribution in [0.1, 0.15) is 24.9 Å². The van der Waals surface area contributed by atoms with Gasteiger partial charge in [-0.1, -0.05) is 41.4 Å². The number of thiocarbonyl (C=S) groups is 1. The van der Waals surface area contributed by atoms with Gasteiger partial charge >= 0.3 is 0 Å². The minimum Gasteiger partial charge on any atom is -0.466 e. The lowest BCUT2D eigenvalue weighted by atomic mass is 9.90. The Morgan fingerprint density at radius 2 is 2.04 bits per heavy atom. The Labute approximate surface area is 150 Å². The molecule has 0 aromatic heterocycles. The number of hydrogen-bond donors (Lipinski definition) is 1. The molecule has 0 amide bonds. The Bertz CT molecular complexity index is 813. The van der Waals surface area contributed by atoms with Gasteiger partial charge in [0, 0.05) is 22.7 Å². The van der Waals surface area contributed by atoms with Crippen LogP contribution in [0.5, 0.6) is 5.75 Å². The summed E-state index contributed by atoms with van der Waals surface area (Å²) in [5.41, 5.74) is 1.32. The molecule has 23 heavy (non-hydrogen) atoms. The Balaban J connectivity index is 1.84. The minimum atomic E-state index is -0.615. The fourth-order valence-electron chi connectivity index (χ4n) is 3.36. The molecule has 0 saturated carbocycles. The van der Waals surface area contributed by atoms with Crippen molar-refractivity contribution in [2.24, 2.45) is 0 Å². The van der Waals surface area contributed by atoms with Crippen LogP contribution in [0, 0.1) is 0 Å². The summed E-state index contributed by atoms with van der Waals surface area (Å²) in [6.07, 6.45) is 0.757. The summed E-state index contributed by atoms with van der Waals surface area (Å²) in [4.78, 5) is 1.97. The van der Waals surface area contributed by atoms with Gasteiger partial charge in [0.25, 0.3) is 0 Å². The van der Waals surface area contributed by atoms with Gasteiger partial charge in [0.1, 0.15) is 5.75 Å². The van der Waals surface area contributed by atoms with Gasteiger partial charge in [-0.15, -0.1) is 0 Å². The molecule has 2 atom stereocenters. The lowest BCUT2D eigenvalue weighted by molar-refractivity contribution is 0.0499. The molecule has 2 heterocycles. The second-order valence-corrected chi connectivity index (χ2v) is 7.19. The van der Waals surface area contributed by atoms with E-state index in [4.69, 9.17) is 40.2 Å². The molecule has 1 fully saturated rings. The molecule has 2 aromatic carbocycles. The van der Waals surface area contributed by atoms with Crippen molar-refractivity contribution in [3.05, 3.63) is 58.1 Å². The maximum atomic E-state index is 6.35. The number of rotatable bonds is 1. The molecule has 2 bridgehead atoms. The number of anilines is 1. The number of nitrogens with one attached hydrogen (secondary N) is 1. The summed E-state index contributed by atoms with van der Waals surface area (Å²) < 4.78 is 6.32. The van der Waals surface area contributed by atoms with E-state index in [9.17, 15) is 0 Å². The van der Waals surface area contributed by atoms with E-state index >= 15 is 0 Å². The van der Waals surface area contributed by atoms with Crippen molar-refractivity contribution in [2.75, 3.05) is 4.90 Å². The summed E-state index contributed by atoms with van der Waals surface area (Å²) in [6, 6.07) is 13.5. The molecular weight excluding hydrogens is 351 g/mol. The standard InChI is InChI=1S/C17H14Cl2N2OS/c1-17-9-14(12-6-3-7-13(19)15(12)22-17)20-16(23)21(17)11-5-2-4-10(18)8-11/h2-8,14H,9H2,1H3,(H,20,23)/t14-,17+/m0/s1. The third-order valence-corrected chi connectivity index (χ3v) is 5.15. The van der Waals surface area contributed by atoms with Crippen LogP contribution in [-0.4, -0.2) is 10.8 Å². The lowest BCUT2D eigenvalue weighted by Gasteiger charge is -2.52. The molecule has 2 aromatic rings. The third kappa shape index (κ3) is 2.36. The topological polar surface area (TPSA) is 24.5 Å². The average molecular weight is 365 g/mol. The van der Waals surface area contributed by atoms with E-state index in [1.165, 1.54) is 0 Å². The van der Waals surface area contributed by atoms with Crippen molar-refractivity contribution in [3.8, 4) is 5.75 Å². The molecule has 0 radical (unpaired) electrons. The highest BCUT2D eigenvalue weighted by Gasteiger charge is 2.48. The number of benzene rings is 2. The normalized spacial score (nSPS) is 25.4. The summed E-state index contributed by atoms with van der Waals surface area (Å²) in [7, 11) is 0. The van der Waals surface area contributed by atoms with Crippen LogP contribution in [-0.2, 0) is 0 Å². The minimum absolute atomic E-state index is 0.0883. The number of ether oxygens (including phenoxy) is 1. The van der Waals surface area contributed by atoms with Crippen LogP contribution in [0.25, 0.3) is 0 Å². The first-order valence-electron chi connectivity index (χ1n) is 7.32. The Hall–Kier alpha value is -1.49. The van der Waals surface area contributed by atoms with Gasteiger partial charge in [-0.25, -0.2) is 0 Å². The van der Waals surface area contributed by atoms with E-state index in [1.807, 2.05) is 54.3 Å². The van der Waals surface area contributed by atoms with Crippen molar-refractivity contribution < 1.29 is 4.74 Å². The second kappa shape index (κ2) is 5.26. The Morgan fingerprint density at radius 3 is 2.83 bits per heavy atom. The maximum Gasteiger partial charge on any atom is 0.188 e. The highest BCUT2D eigenvalue weighted by molar-refractivity contribution is 7.80. The molecule has 0 unspecified atom stereocenters. The number of fused-ring (bicyclic) bond motifs is 4. The van der Waals surface area contributed by atoms with Gasteiger partial charge in [-0.05, 0) is 43.4 Å². The van der Waals surface area contributed by atoms with E-state index in [0.717, 1.165) is 23.4 Å². The first-order chi connectivity index (χ1) is 11.0.